The van der Waals surface area contributed by atoms with Gasteiger partial charge in [0.05, 0.1) is 18.5 Å². The van der Waals surface area contributed by atoms with E-state index in [9.17, 15) is 4.39 Å². The maximum atomic E-state index is 12.7. The Morgan fingerprint density at radius 3 is 2.73 bits per heavy atom. The number of rotatable bonds is 3. The summed E-state index contributed by atoms with van der Waals surface area (Å²) in [5.74, 6) is 0.00885. The van der Waals surface area contributed by atoms with Crippen molar-refractivity contribution in [2.75, 3.05) is 0 Å². The molecule has 2 heteroatoms. The van der Waals surface area contributed by atoms with Crippen molar-refractivity contribution in [1.82, 2.24) is 0 Å². The first-order valence-electron chi connectivity index (χ1n) is 5.34. The Hall–Kier alpha value is -1.15. The van der Waals surface area contributed by atoms with Crippen LogP contribution in [0, 0.1) is 0 Å². The summed E-state index contributed by atoms with van der Waals surface area (Å²) in [4.78, 5) is 0. The lowest BCUT2D eigenvalue weighted by molar-refractivity contribution is 0.0325. The van der Waals surface area contributed by atoms with E-state index in [-0.39, 0.29) is 11.9 Å². The van der Waals surface area contributed by atoms with Gasteiger partial charge in [0.2, 0.25) is 0 Å². The Morgan fingerprint density at radius 1 is 1.27 bits per heavy atom. The molecule has 1 unspecified atom stereocenters. The zero-order valence-electron chi connectivity index (χ0n) is 8.66. The molecule has 0 amide bonds. The molecule has 1 aromatic carbocycles. The molecule has 0 N–H and O–H groups in total. The molecule has 1 nitrogen and oxygen atoms in total. The van der Waals surface area contributed by atoms with Crippen molar-refractivity contribution < 1.29 is 9.13 Å². The van der Waals surface area contributed by atoms with Crippen molar-refractivity contribution in [3.63, 3.8) is 0 Å². The van der Waals surface area contributed by atoms with E-state index in [1.165, 1.54) is 5.56 Å². The summed E-state index contributed by atoms with van der Waals surface area (Å²) in [6, 6.07) is 10.1. The van der Waals surface area contributed by atoms with Crippen LogP contribution in [0.2, 0.25) is 0 Å². The van der Waals surface area contributed by atoms with Crippen LogP contribution in [0.5, 0.6) is 0 Å². The molecule has 0 fully saturated rings. The Kier molecular flexibility index (Phi) is 3.51. The molecule has 15 heavy (non-hydrogen) atoms. The molecule has 80 valence electrons. The lowest BCUT2D eigenvalue weighted by Gasteiger charge is -2.19. The number of hydrogen-bond acceptors (Lipinski definition) is 1. The molecule has 0 saturated carbocycles. The van der Waals surface area contributed by atoms with Gasteiger partial charge < -0.3 is 4.74 Å². The van der Waals surface area contributed by atoms with Gasteiger partial charge in [0, 0.05) is 6.42 Å². The molecular weight excluding hydrogens is 191 g/mol. The maximum absolute atomic E-state index is 12.7. The summed E-state index contributed by atoms with van der Waals surface area (Å²) in [6.07, 6.45) is 3.86. The van der Waals surface area contributed by atoms with Crippen LogP contribution in [-0.4, -0.2) is 6.10 Å². The first-order valence-corrected chi connectivity index (χ1v) is 5.34. The van der Waals surface area contributed by atoms with Gasteiger partial charge in [0.25, 0.3) is 0 Å². The predicted molar refractivity (Wildman–Crippen MR) is 58.1 cm³/mol. The number of allylic oxidation sites excluding steroid dienone is 1. The zero-order chi connectivity index (χ0) is 10.5. The number of benzene rings is 1. The second kappa shape index (κ2) is 5.08. The summed E-state index contributed by atoms with van der Waals surface area (Å²) in [6.45, 7) is 0.626. The number of hydrogen-bond donors (Lipinski definition) is 0. The van der Waals surface area contributed by atoms with Crippen LogP contribution in [0.1, 0.15) is 24.8 Å². The van der Waals surface area contributed by atoms with Crippen LogP contribution in [0.3, 0.4) is 0 Å². The highest BCUT2D eigenvalue weighted by molar-refractivity contribution is 5.13. The normalized spacial score (nSPS) is 21.1. The minimum absolute atomic E-state index is 0.00885. The van der Waals surface area contributed by atoms with Crippen molar-refractivity contribution in [3.05, 3.63) is 47.8 Å². The van der Waals surface area contributed by atoms with Gasteiger partial charge in [-0.15, -0.1) is 0 Å². The van der Waals surface area contributed by atoms with Crippen LogP contribution in [-0.2, 0) is 11.3 Å². The predicted octanol–water partition coefficient (Wildman–Crippen LogP) is 3.61. The standard InChI is InChI=1S/C13H15FO/c14-12-6-8-13(9-7-12)15-10-11-4-2-1-3-5-11/h1-6,13H,7-10H2. The third kappa shape index (κ3) is 3.17. The van der Waals surface area contributed by atoms with Crippen LogP contribution < -0.4 is 0 Å². The summed E-state index contributed by atoms with van der Waals surface area (Å²) in [7, 11) is 0. The van der Waals surface area contributed by atoms with E-state index < -0.39 is 0 Å². The molecule has 1 aliphatic rings. The molecule has 0 spiro atoms. The van der Waals surface area contributed by atoms with E-state index in [0.29, 0.717) is 19.4 Å². The summed E-state index contributed by atoms with van der Waals surface area (Å²) in [5, 5.41) is 0. The van der Waals surface area contributed by atoms with E-state index >= 15 is 0 Å². The third-order valence-electron chi connectivity index (χ3n) is 2.64. The monoisotopic (exact) mass is 206 g/mol. The fourth-order valence-electron chi connectivity index (χ4n) is 1.72. The first kappa shape index (κ1) is 10.4. The molecular formula is C13H15FO. The van der Waals surface area contributed by atoms with Gasteiger partial charge >= 0.3 is 0 Å². The zero-order valence-corrected chi connectivity index (χ0v) is 8.66. The molecule has 2 rings (SSSR count). The molecule has 0 aromatic heterocycles. The highest BCUT2D eigenvalue weighted by Crippen LogP contribution is 2.21. The molecule has 0 bridgehead atoms. The van der Waals surface area contributed by atoms with E-state index in [0.717, 1.165) is 6.42 Å². The number of ether oxygens (including phenoxy) is 1. The van der Waals surface area contributed by atoms with Crippen molar-refractivity contribution in [2.45, 2.75) is 32.0 Å². The van der Waals surface area contributed by atoms with Crippen LogP contribution in [0.15, 0.2) is 42.2 Å². The molecule has 0 aliphatic heterocycles. The van der Waals surface area contributed by atoms with Crippen molar-refractivity contribution in [2.24, 2.45) is 0 Å². The molecule has 1 aliphatic carbocycles. The minimum atomic E-state index is 0.00885. The van der Waals surface area contributed by atoms with E-state index in [1.807, 2.05) is 30.3 Å². The van der Waals surface area contributed by atoms with E-state index in [2.05, 4.69) is 0 Å². The molecule has 0 heterocycles. The van der Waals surface area contributed by atoms with Gasteiger partial charge in [0.15, 0.2) is 0 Å². The van der Waals surface area contributed by atoms with E-state index in [1.54, 1.807) is 6.08 Å². The van der Waals surface area contributed by atoms with Gasteiger partial charge in [-0.3, -0.25) is 0 Å². The largest absolute Gasteiger partial charge is 0.373 e. The Balaban J connectivity index is 1.80. The smallest absolute Gasteiger partial charge is 0.0961 e. The summed E-state index contributed by atoms with van der Waals surface area (Å²) < 4.78 is 18.4. The van der Waals surface area contributed by atoms with Crippen molar-refractivity contribution in [3.8, 4) is 0 Å². The molecule has 0 radical (unpaired) electrons. The Labute approximate surface area is 89.6 Å². The van der Waals surface area contributed by atoms with Gasteiger partial charge in [-0.05, 0) is 18.4 Å². The summed E-state index contributed by atoms with van der Waals surface area (Å²) in [5.41, 5.74) is 1.17. The molecule has 1 aromatic rings. The lowest BCUT2D eigenvalue weighted by atomic mass is 10.0. The van der Waals surface area contributed by atoms with Crippen LogP contribution >= 0.6 is 0 Å². The van der Waals surface area contributed by atoms with Crippen molar-refractivity contribution in [1.29, 1.82) is 0 Å². The van der Waals surface area contributed by atoms with Gasteiger partial charge in [-0.1, -0.05) is 36.4 Å². The van der Waals surface area contributed by atoms with Crippen LogP contribution in [0.25, 0.3) is 0 Å². The lowest BCUT2D eigenvalue weighted by Crippen LogP contribution is -2.14. The first-order chi connectivity index (χ1) is 7.34. The van der Waals surface area contributed by atoms with Gasteiger partial charge in [-0.2, -0.15) is 0 Å². The maximum Gasteiger partial charge on any atom is 0.0961 e. The second-order valence-corrected chi connectivity index (χ2v) is 3.84. The second-order valence-electron chi connectivity index (χ2n) is 3.84. The highest BCUT2D eigenvalue weighted by Gasteiger charge is 2.14. The quantitative estimate of drug-likeness (QED) is 0.734. The van der Waals surface area contributed by atoms with E-state index in [4.69, 9.17) is 4.74 Å². The average molecular weight is 206 g/mol. The fourth-order valence-corrected chi connectivity index (χ4v) is 1.72. The topological polar surface area (TPSA) is 9.23 Å². The van der Waals surface area contributed by atoms with Gasteiger partial charge in [0.1, 0.15) is 0 Å². The highest BCUT2D eigenvalue weighted by atomic mass is 19.1. The third-order valence-corrected chi connectivity index (χ3v) is 2.64. The SMILES string of the molecule is FC1=CCC(OCc2ccccc2)CC1. The van der Waals surface area contributed by atoms with Crippen molar-refractivity contribution >= 4 is 0 Å². The fraction of sp³-hybridized carbons (Fsp3) is 0.385. The van der Waals surface area contributed by atoms with Gasteiger partial charge in [-0.25, -0.2) is 4.39 Å². The van der Waals surface area contributed by atoms with Crippen LogP contribution in [0.4, 0.5) is 4.39 Å². The molecule has 0 saturated heterocycles. The average Bonchev–Trinajstić information content (AvgIpc) is 2.30. The number of halogens is 1. The molecule has 1 atom stereocenters. The minimum Gasteiger partial charge on any atom is -0.373 e. The Bertz CT molecular complexity index is 332. The Morgan fingerprint density at radius 2 is 2.07 bits per heavy atom. The summed E-state index contributed by atoms with van der Waals surface area (Å²) >= 11 is 0.